The van der Waals surface area contributed by atoms with E-state index < -0.39 is 0 Å². The van der Waals surface area contributed by atoms with Gasteiger partial charge in [-0.1, -0.05) is 35.9 Å². The van der Waals surface area contributed by atoms with E-state index in [4.69, 9.17) is 16.3 Å². The zero-order valence-corrected chi connectivity index (χ0v) is 11.6. The number of methoxy groups -OCH3 is 1. The van der Waals surface area contributed by atoms with Crippen molar-refractivity contribution in [3.8, 4) is 5.75 Å². The molecule has 2 nitrogen and oxygen atoms in total. The first-order valence-electron chi connectivity index (χ1n) is 5.94. The van der Waals surface area contributed by atoms with Crippen molar-refractivity contribution in [3.05, 3.63) is 58.4 Å². The van der Waals surface area contributed by atoms with Crippen molar-refractivity contribution < 1.29 is 9.13 Å². The van der Waals surface area contributed by atoms with Crippen LogP contribution in [0.2, 0.25) is 5.02 Å². The summed E-state index contributed by atoms with van der Waals surface area (Å²) in [4.78, 5) is 0. The predicted molar refractivity (Wildman–Crippen MR) is 76.5 cm³/mol. The van der Waals surface area contributed by atoms with Gasteiger partial charge >= 0.3 is 0 Å². The third kappa shape index (κ3) is 2.99. The minimum Gasteiger partial charge on any atom is -0.494 e. The number of para-hydroxylation sites is 1. The van der Waals surface area contributed by atoms with Gasteiger partial charge in [0, 0.05) is 12.1 Å². The zero-order valence-electron chi connectivity index (χ0n) is 10.8. The van der Waals surface area contributed by atoms with Gasteiger partial charge in [0.25, 0.3) is 0 Å². The predicted octanol–water partition coefficient (Wildman–Crippen LogP) is 4.41. The van der Waals surface area contributed by atoms with Crippen LogP contribution in [0.1, 0.15) is 11.1 Å². The molecule has 0 atom stereocenters. The Bertz CT molecular complexity index is 566. The highest BCUT2D eigenvalue weighted by Crippen LogP contribution is 2.27. The summed E-state index contributed by atoms with van der Waals surface area (Å²) in [5.74, 6) is -0.0996. The van der Waals surface area contributed by atoms with E-state index in [2.05, 4.69) is 5.32 Å². The fourth-order valence-electron chi connectivity index (χ4n) is 1.89. The van der Waals surface area contributed by atoms with E-state index in [1.807, 2.05) is 19.1 Å². The molecule has 100 valence electrons. The molecule has 0 aliphatic heterocycles. The summed E-state index contributed by atoms with van der Waals surface area (Å²) in [6, 6.07) is 10.7. The van der Waals surface area contributed by atoms with Crippen molar-refractivity contribution in [3.63, 3.8) is 0 Å². The van der Waals surface area contributed by atoms with Gasteiger partial charge in [-0.3, -0.25) is 0 Å². The van der Waals surface area contributed by atoms with E-state index in [-0.39, 0.29) is 11.6 Å². The first kappa shape index (κ1) is 13.7. The van der Waals surface area contributed by atoms with Crippen molar-refractivity contribution in [2.24, 2.45) is 0 Å². The second-order valence-electron chi connectivity index (χ2n) is 4.22. The molecule has 2 aromatic rings. The van der Waals surface area contributed by atoms with Gasteiger partial charge in [0.05, 0.1) is 17.8 Å². The number of rotatable bonds is 4. The topological polar surface area (TPSA) is 21.3 Å². The lowest BCUT2D eigenvalue weighted by Gasteiger charge is -2.13. The van der Waals surface area contributed by atoms with E-state index in [0.29, 0.717) is 17.1 Å². The van der Waals surface area contributed by atoms with E-state index in [1.54, 1.807) is 24.3 Å². The molecule has 0 aromatic heterocycles. The first-order valence-corrected chi connectivity index (χ1v) is 6.31. The largest absolute Gasteiger partial charge is 0.494 e. The summed E-state index contributed by atoms with van der Waals surface area (Å²) in [7, 11) is 1.45. The molecule has 0 bridgehead atoms. The van der Waals surface area contributed by atoms with Crippen molar-refractivity contribution in [1.82, 2.24) is 0 Å². The smallest absolute Gasteiger partial charge is 0.170 e. The molecule has 2 rings (SSSR count). The molecule has 0 radical (unpaired) electrons. The van der Waals surface area contributed by atoms with Crippen LogP contribution in [0.4, 0.5) is 10.1 Å². The van der Waals surface area contributed by atoms with Crippen molar-refractivity contribution >= 4 is 17.3 Å². The van der Waals surface area contributed by atoms with Crippen LogP contribution in [0, 0.1) is 12.7 Å². The Hall–Kier alpha value is -1.74. The Balaban J connectivity index is 2.19. The highest BCUT2D eigenvalue weighted by Gasteiger charge is 2.09. The van der Waals surface area contributed by atoms with Crippen LogP contribution >= 0.6 is 11.6 Å². The molecule has 0 aliphatic carbocycles. The molecule has 0 spiro atoms. The lowest BCUT2D eigenvalue weighted by atomic mass is 10.1. The lowest BCUT2D eigenvalue weighted by molar-refractivity contribution is 0.384. The maximum atomic E-state index is 14.0. The average Bonchev–Trinajstić information content (AvgIpc) is 2.40. The molecule has 0 aliphatic rings. The maximum absolute atomic E-state index is 14.0. The fourth-order valence-corrected chi connectivity index (χ4v) is 2.18. The van der Waals surface area contributed by atoms with Gasteiger partial charge in [0.15, 0.2) is 11.6 Å². The van der Waals surface area contributed by atoms with Gasteiger partial charge in [-0.25, -0.2) is 4.39 Å². The van der Waals surface area contributed by atoms with Crippen LogP contribution in [-0.2, 0) is 6.54 Å². The highest BCUT2D eigenvalue weighted by atomic mass is 35.5. The molecule has 0 saturated heterocycles. The highest BCUT2D eigenvalue weighted by molar-refractivity contribution is 6.33. The van der Waals surface area contributed by atoms with Crippen LogP contribution in [-0.4, -0.2) is 7.11 Å². The second kappa shape index (κ2) is 5.93. The number of anilines is 1. The molecule has 0 saturated carbocycles. The Labute approximate surface area is 117 Å². The SMILES string of the molecule is COc1cccc(CNc2c(C)cccc2Cl)c1F. The molecular formula is C15H15ClFNO. The molecule has 0 fully saturated rings. The van der Waals surface area contributed by atoms with Gasteiger partial charge < -0.3 is 10.1 Å². The fraction of sp³-hybridized carbons (Fsp3) is 0.200. The molecular weight excluding hydrogens is 265 g/mol. The molecule has 0 heterocycles. The normalized spacial score (nSPS) is 10.3. The first-order chi connectivity index (χ1) is 9.13. The maximum Gasteiger partial charge on any atom is 0.170 e. The minimum atomic E-state index is -0.345. The number of nitrogens with one attached hydrogen (secondary N) is 1. The zero-order chi connectivity index (χ0) is 13.8. The molecule has 0 unspecified atom stereocenters. The van der Waals surface area contributed by atoms with Gasteiger partial charge in [0.1, 0.15) is 0 Å². The van der Waals surface area contributed by atoms with Gasteiger partial charge in [-0.15, -0.1) is 0 Å². The number of aryl methyl sites for hydroxylation is 1. The van der Waals surface area contributed by atoms with Gasteiger partial charge in [-0.05, 0) is 24.6 Å². The quantitative estimate of drug-likeness (QED) is 0.895. The monoisotopic (exact) mass is 279 g/mol. The van der Waals surface area contributed by atoms with E-state index in [0.717, 1.165) is 11.3 Å². The Morgan fingerprint density at radius 2 is 1.95 bits per heavy atom. The minimum absolute atomic E-state index is 0.246. The Kier molecular flexibility index (Phi) is 4.27. The van der Waals surface area contributed by atoms with Crippen LogP contribution in [0.3, 0.4) is 0 Å². The van der Waals surface area contributed by atoms with E-state index in [9.17, 15) is 4.39 Å². The molecule has 4 heteroatoms. The number of benzene rings is 2. The summed E-state index contributed by atoms with van der Waals surface area (Å²) in [5, 5.41) is 3.79. The third-order valence-corrected chi connectivity index (χ3v) is 3.26. The van der Waals surface area contributed by atoms with Crippen molar-refractivity contribution in [1.29, 1.82) is 0 Å². The van der Waals surface area contributed by atoms with E-state index >= 15 is 0 Å². The van der Waals surface area contributed by atoms with E-state index in [1.165, 1.54) is 7.11 Å². The third-order valence-electron chi connectivity index (χ3n) is 2.94. The second-order valence-corrected chi connectivity index (χ2v) is 4.63. The van der Waals surface area contributed by atoms with Crippen molar-refractivity contribution in [2.75, 3.05) is 12.4 Å². The van der Waals surface area contributed by atoms with Crippen LogP contribution in [0.25, 0.3) is 0 Å². The summed E-state index contributed by atoms with van der Waals surface area (Å²) in [5.41, 5.74) is 2.39. The molecule has 1 N–H and O–H groups in total. The molecule has 19 heavy (non-hydrogen) atoms. The molecule has 2 aromatic carbocycles. The van der Waals surface area contributed by atoms with Gasteiger partial charge in [0.2, 0.25) is 0 Å². The van der Waals surface area contributed by atoms with Crippen LogP contribution in [0.5, 0.6) is 5.75 Å². The average molecular weight is 280 g/mol. The summed E-state index contributed by atoms with van der Waals surface area (Å²) < 4.78 is 18.9. The number of hydrogen-bond acceptors (Lipinski definition) is 2. The number of halogens is 2. The number of hydrogen-bond donors (Lipinski definition) is 1. The Morgan fingerprint density at radius 1 is 1.21 bits per heavy atom. The van der Waals surface area contributed by atoms with Crippen molar-refractivity contribution in [2.45, 2.75) is 13.5 Å². The van der Waals surface area contributed by atoms with Gasteiger partial charge in [-0.2, -0.15) is 0 Å². The number of ether oxygens (including phenoxy) is 1. The standard InChI is InChI=1S/C15H15ClFNO/c1-10-5-3-7-12(16)15(10)18-9-11-6-4-8-13(19-2)14(11)17/h3-8,18H,9H2,1-2H3. The lowest BCUT2D eigenvalue weighted by Crippen LogP contribution is -2.04. The molecule has 0 amide bonds. The summed E-state index contributed by atoms with van der Waals surface area (Å²) in [6.45, 7) is 2.31. The van der Waals surface area contributed by atoms with Crippen LogP contribution in [0.15, 0.2) is 36.4 Å². The summed E-state index contributed by atoms with van der Waals surface area (Å²) >= 11 is 6.11. The van der Waals surface area contributed by atoms with Crippen LogP contribution < -0.4 is 10.1 Å². The summed E-state index contributed by atoms with van der Waals surface area (Å²) in [6.07, 6.45) is 0. The Morgan fingerprint density at radius 3 is 2.63 bits per heavy atom.